The molecule has 1 aromatic heterocycles. The predicted octanol–water partition coefficient (Wildman–Crippen LogP) is 4.08. The second kappa shape index (κ2) is 19.0. The quantitative estimate of drug-likeness (QED) is 0.0728. The Morgan fingerprint density at radius 1 is 0.934 bits per heavy atom. The van der Waals surface area contributed by atoms with Gasteiger partial charge in [0.1, 0.15) is 18.0 Å². The number of aromatic hydroxyl groups is 1. The molecule has 0 saturated carbocycles. The average Bonchev–Trinajstić information content (AvgIpc) is 3.59. The number of fused-ring (bicyclic) bond motifs is 2. The molecule has 2 fully saturated rings. The lowest BCUT2D eigenvalue weighted by Crippen LogP contribution is -2.76. The summed E-state index contributed by atoms with van der Waals surface area (Å²) in [6, 6.07) is 28.4. The zero-order chi connectivity index (χ0) is 43.0. The summed E-state index contributed by atoms with van der Waals surface area (Å²) < 4.78 is 2.04. The van der Waals surface area contributed by atoms with Gasteiger partial charge in [-0.05, 0) is 59.5 Å². The van der Waals surface area contributed by atoms with Crippen molar-refractivity contribution in [2.75, 3.05) is 38.0 Å². The number of primary amides is 1. The molecule has 2 atom stereocenters. The van der Waals surface area contributed by atoms with Gasteiger partial charge in [0, 0.05) is 62.4 Å². The number of carbonyl (C=O) groups is 5. The molecule has 6 amide bonds. The Morgan fingerprint density at radius 3 is 2.41 bits per heavy atom. The van der Waals surface area contributed by atoms with E-state index in [0.29, 0.717) is 25.1 Å². The van der Waals surface area contributed by atoms with E-state index in [4.69, 9.17) is 5.73 Å². The van der Waals surface area contributed by atoms with E-state index in [-0.39, 0.29) is 69.2 Å². The molecule has 15 heteroatoms. The number of amides is 6. The van der Waals surface area contributed by atoms with Crippen LogP contribution in [-0.2, 0) is 45.7 Å². The number of hydrazine groups is 1. The van der Waals surface area contributed by atoms with E-state index in [1.165, 1.54) is 0 Å². The van der Waals surface area contributed by atoms with Crippen molar-refractivity contribution >= 4 is 46.3 Å². The molecule has 15 nitrogen and oxygen atoms in total. The number of hydrogen-bond donors (Lipinski definition) is 5. The Kier molecular flexibility index (Phi) is 13.1. The van der Waals surface area contributed by atoms with Crippen molar-refractivity contribution in [2.45, 2.75) is 44.6 Å². The number of rotatable bonds is 16. The predicted molar refractivity (Wildman–Crippen MR) is 232 cm³/mol. The maximum absolute atomic E-state index is 14.7. The highest BCUT2D eigenvalue weighted by Crippen LogP contribution is 2.35. The number of phenols is 1. The molecule has 5 aromatic rings. The normalized spacial score (nSPS) is 16.7. The van der Waals surface area contributed by atoms with Crippen molar-refractivity contribution in [1.82, 2.24) is 35.0 Å². The Labute approximate surface area is 354 Å². The molecule has 0 aliphatic carbocycles. The molecule has 316 valence electrons. The lowest BCUT2D eigenvalue weighted by molar-refractivity contribution is -0.189. The third-order valence-corrected chi connectivity index (χ3v) is 11.0. The summed E-state index contributed by atoms with van der Waals surface area (Å²) in [6.45, 7) is 5.13. The monoisotopic (exact) mass is 825 g/mol. The first-order chi connectivity index (χ1) is 29.5. The standard InChI is InChI=1S/C46H51N9O6/c1-3-23-53-30-43(59)54-39(24-31-14-20-36(56)21-15-31)45(60)52(29-42(54)55(53)46(61)49-25-32-9-5-4-6-10-32)27-34-11-7-12-37-38(28-51(2)44(34)37)33-16-18-35(19-17-33)50-41(58)13-8-22-48-26-40(47)57/h3-7,9-12,14-21,28,39,42,48,56H,1,8,13,22-27,29-30H2,2H3,(H2,47,57)(H,49,61)(H,50,58)/t39-,42-/m0/s1. The van der Waals surface area contributed by atoms with Crippen LogP contribution >= 0.6 is 0 Å². The van der Waals surface area contributed by atoms with Crippen LogP contribution in [0.15, 0.2) is 116 Å². The van der Waals surface area contributed by atoms with Crippen LogP contribution in [0.25, 0.3) is 22.0 Å². The van der Waals surface area contributed by atoms with E-state index in [1.54, 1.807) is 50.2 Å². The van der Waals surface area contributed by atoms with Gasteiger partial charge in [-0.15, -0.1) is 6.58 Å². The van der Waals surface area contributed by atoms with Gasteiger partial charge < -0.3 is 41.2 Å². The summed E-state index contributed by atoms with van der Waals surface area (Å²) >= 11 is 0. The van der Waals surface area contributed by atoms with E-state index in [2.05, 4.69) is 22.5 Å². The fourth-order valence-corrected chi connectivity index (χ4v) is 8.21. The lowest BCUT2D eigenvalue weighted by Gasteiger charge is -2.55. The highest BCUT2D eigenvalue weighted by atomic mass is 16.3. The first-order valence-corrected chi connectivity index (χ1v) is 20.3. The molecule has 0 bridgehead atoms. The topological polar surface area (TPSA) is 186 Å². The summed E-state index contributed by atoms with van der Waals surface area (Å²) in [5, 5.41) is 23.1. The minimum atomic E-state index is -0.924. The average molecular weight is 826 g/mol. The largest absolute Gasteiger partial charge is 0.508 e. The summed E-state index contributed by atoms with van der Waals surface area (Å²) in [4.78, 5) is 69.8. The summed E-state index contributed by atoms with van der Waals surface area (Å²) in [6.07, 6.45) is 3.90. The van der Waals surface area contributed by atoms with Crippen molar-refractivity contribution in [2.24, 2.45) is 12.8 Å². The van der Waals surface area contributed by atoms with E-state index >= 15 is 0 Å². The third kappa shape index (κ3) is 9.75. The number of aromatic nitrogens is 1. The van der Waals surface area contributed by atoms with Gasteiger partial charge in [0.2, 0.25) is 23.6 Å². The number of nitrogens with one attached hydrogen (secondary N) is 3. The molecule has 0 unspecified atom stereocenters. The number of nitrogens with two attached hydrogens (primary N) is 1. The fourth-order valence-electron chi connectivity index (χ4n) is 8.21. The molecule has 2 saturated heterocycles. The molecule has 2 aliphatic heterocycles. The van der Waals surface area contributed by atoms with Gasteiger partial charge in [0.25, 0.3) is 0 Å². The molecule has 0 radical (unpaired) electrons. The Hall–Kier alpha value is -6.97. The van der Waals surface area contributed by atoms with Crippen molar-refractivity contribution in [3.63, 3.8) is 0 Å². The number of anilines is 1. The van der Waals surface area contributed by atoms with E-state index in [0.717, 1.165) is 38.7 Å². The molecule has 61 heavy (non-hydrogen) atoms. The van der Waals surface area contributed by atoms with E-state index < -0.39 is 24.1 Å². The van der Waals surface area contributed by atoms with Crippen LogP contribution in [0.2, 0.25) is 0 Å². The number of carbonyl (C=O) groups excluding carboxylic acids is 5. The van der Waals surface area contributed by atoms with Gasteiger partial charge in [-0.25, -0.2) is 14.8 Å². The number of benzene rings is 4. The number of aryl methyl sites for hydroxylation is 1. The first-order valence-electron chi connectivity index (χ1n) is 20.3. The summed E-state index contributed by atoms with van der Waals surface area (Å²) in [5.74, 6) is -1.01. The molecule has 3 heterocycles. The van der Waals surface area contributed by atoms with Gasteiger partial charge in [-0.2, -0.15) is 0 Å². The second-order valence-electron chi connectivity index (χ2n) is 15.4. The van der Waals surface area contributed by atoms with Crippen molar-refractivity contribution in [1.29, 1.82) is 0 Å². The maximum atomic E-state index is 14.7. The van der Waals surface area contributed by atoms with Gasteiger partial charge in [-0.1, -0.05) is 78.9 Å². The smallest absolute Gasteiger partial charge is 0.334 e. The number of piperazine rings is 1. The molecule has 7 rings (SSSR count). The number of nitrogens with zero attached hydrogens (tertiary/aromatic N) is 5. The molecule has 0 spiro atoms. The zero-order valence-corrected chi connectivity index (χ0v) is 34.1. The molecule has 2 aliphatic rings. The minimum Gasteiger partial charge on any atom is -0.508 e. The van der Waals surface area contributed by atoms with Crippen LogP contribution in [0.4, 0.5) is 10.5 Å². The van der Waals surface area contributed by atoms with Gasteiger partial charge >= 0.3 is 6.03 Å². The number of hydrogen-bond acceptors (Lipinski definition) is 8. The van der Waals surface area contributed by atoms with Crippen LogP contribution in [-0.4, -0.2) is 104 Å². The number of phenolic OH excluding ortho intramolecular Hbond substituents is 1. The first kappa shape index (κ1) is 42.2. The van der Waals surface area contributed by atoms with Crippen LogP contribution in [0, 0.1) is 0 Å². The van der Waals surface area contributed by atoms with Gasteiger partial charge in [-0.3, -0.25) is 19.2 Å². The molecular weight excluding hydrogens is 775 g/mol. The van der Waals surface area contributed by atoms with Gasteiger partial charge in [0.15, 0.2) is 0 Å². The van der Waals surface area contributed by atoms with Crippen LogP contribution in [0.3, 0.4) is 0 Å². The van der Waals surface area contributed by atoms with Crippen LogP contribution < -0.4 is 21.7 Å². The summed E-state index contributed by atoms with van der Waals surface area (Å²) in [7, 11) is 1.96. The Balaban J connectivity index is 1.16. The Bertz CT molecular complexity index is 2400. The van der Waals surface area contributed by atoms with Crippen molar-refractivity contribution < 1.29 is 29.1 Å². The van der Waals surface area contributed by atoms with Gasteiger partial charge in [0.05, 0.1) is 25.2 Å². The summed E-state index contributed by atoms with van der Waals surface area (Å²) in [5.41, 5.74) is 11.2. The zero-order valence-electron chi connectivity index (χ0n) is 34.1. The third-order valence-electron chi connectivity index (χ3n) is 11.0. The molecular formula is C46H51N9O6. The van der Waals surface area contributed by atoms with Crippen LogP contribution in [0.1, 0.15) is 29.5 Å². The van der Waals surface area contributed by atoms with Crippen molar-refractivity contribution in [3.05, 3.63) is 133 Å². The Morgan fingerprint density at radius 2 is 1.69 bits per heavy atom. The fraction of sp³-hybridized carbons (Fsp3) is 0.283. The SMILES string of the molecule is C=CCN1CC(=O)N2[C@@H](Cc3ccc(O)cc3)C(=O)N(Cc3cccc4c(-c5ccc(NC(=O)CCCNCC(N)=O)cc5)cn(C)c34)C[C@@H]2N1C(=O)NCc1ccccc1. The lowest BCUT2D eigenvalue weighted by atomic mass is 9.97. The highest BCUT2D eigenvalue weighted by molar-refractivity contribution is 5.99. The number of para-hydroxylation sites is 1. The van der Waals surface area contributed by atoms with Crippen molar-refractivity contribution in [3.8, 4) is 16.9 Å². The van der Waals surface area contributed by atoms with Crippen LogP contribution in [0.5, 0.6) is 5.75 Å². The highest BCUT2D eigenvalue weighted by Gasteiger charge is 2.51. The number of urea groups is 1. The van der Waals surface area contributed by atoms with E-state index in [9.17, 15) is 29.1 Å². The molecule has 4 aromatic carbocycles. The second-order valence-corrected chi connectivity index (χ2v) is 15.4. The maximum Gasteiger partial charge on any atom is 0.334 e. The van der Waals surface area contributed by atoms with E-state index in [1.807, 2.05) is 90.6 Å². The molecule has 6 N–H and O–H groups in total. The minimum absolute atomic E-state index is 0.0633.